The van der Waals surface area contributed by atoms with E-state index in [1.165, 1.54) is 5.56 Å². The first kappa shape index (κ1) is 13.7. The highest BCUT2D eigenvalue weighted by Gasteiger charge is 2.30. The molecule has 0 saturated heterocycles. The van der Waals surface area contributed by atoms with Gasteiger partial charge in [0.15, 0.2) is 0 Å². The monoisotopic (exact) mass is 262 g/mol. The van der Waals surface area contributed by atoms with Gasteiger partial charge in [-0.15, -0.1) is 0 Å². The van der Waals surface area contributed by atoms with E-state index in [0.29, 0.717) is 6.54 Å². The maximum absolute atomic E-state index is 12.2. The van der Waals surface area contributed by atoms with Crippen molar-refractivity contribution in [2.24, 2.45) is 0 Å². The van der Waals surface area contributed by atoms with E-state index < -0.39 is 5.60 Å². The fourth-order valence-electron chi connectivity index (χ4n) is 2.33. The summed E-state index contributed by atoms with van der Waals surface area (Å²) in [6, 6.07) is 6.05. The molecule has 2 N–H and O–H groups in total. The van der Waals surface area contributed by atoms with Gasteiger partial charge in [-0.1, -0.05) is 6.07 Å². The number of hydrogen-bond donors (Lipinski definition) is 1. The molecule has 1 aromatic rings. The van der Waals surface area contributed by atoms with Gasteiger partial charge in [-0.25, -0.2) is 4.79 Å². The molecule has 1 atom stereocenters. The van der Waals surface area contributed by atoms with Crippen LogP contribution in [0.4, 0.5) is 10.5 Å². The van der Waals surface area contributed by atoms with Crippen LogP contribution in [0.25, 0.3) is 0 Å². The standard InChI is InChI=1S/C15H22N2O2/c1-10-7-11-5-6-13(16)8-12(11)9-17(10)14(18)19-15(2,3)4/h5-6,8,10H,7,9,16H2,1-4H3. The Hall–Kier alpha value is -1.71. The highest BCUT2D eigenvalue weighted by atomic mass is 16.6. The van der Waals surface area contributed by atoms with Crippen LogP contribution in [0.5, 0.6) is 0 Å². The molecule has 1 unspecified atom stereocenters. The Morgan fingerprint density at radius 2 is 2.05 bits per heavy atom. The van der Waals surface area contributed by atoms with E-state index in [9.17, 15) is 4.79 Å². The molecule has 0 saturated carbocycles. The number of hydrogen-bond acceptors (Lipinski definition) is 3. The summed E-state index contributed by atoms with van der Waals surface area (Å²) in [5.74, 6) is 0. The highest BCUT2D eigenvalue weighted by Crippen LogP contribution is 2.26. The van der Waals surface area contributed by atoms with Gasteiger partial charge in [-0.05, 0) is 57.4 Å². The number of nitrogens with two attached hydrogens (primary N) is 1. The van der Waals surface area contributed by atoms with E-state index in [-0.39, 0.29) is 12.1 Å². The fraction of sp³-hybridized carbons (Fsp3) is 0.533. The third-order valence-electron chi connectivity index (χ3n) is 3.25. The molecule has 4 nitrogen and oxygen atoms in total. The van der Waals surface area contributed by atoms with Gasteiger partial charge < -0.3 is 15.4 Å². The lowest BCUT2D eigenvalue weighted by Gasteiger charge is -2.36. The van der Waals surface area contributed by atoms with Crippen LogP contribution in [0.1, 0.15) is 38.8 Å². The van der Waals surface area contributed by atoms with Crippen molar-refractivity contribution in [3.05, 3.63) is 29.3 Å². The van der Waals surface area contributed by atoms with E-state index >= 15 is 0 Å². The molecule has 4 heteroatoms. The van der Waals surface area contributed by atoms with Crippen molar-refractivity contribution < 1.29 is 9.53 Å². The molecule has 1 amide bonds. The summed E-state index contributed by atoms with van der Waals surface area (Å²) in [5, 5.41) is 0. The van der Waals surface area contributed by atoms with Crippen molar-refractivity contribution >= 4 is 11.8 Å². The maximum Gasteiger partial charge on any atom is 0.410 e. The van der Waals surface area contributed by atoms with Gasteiger partial charge in [0.25, 0.3) is 0 Å². The van der Waals surface area contributed by atoms with Crippen LogP contribution in [0, 0.1) is 0 Å². The predicted octanol–water partition coefficient (Wildman–Crippen LogP) is 2.95. The summed E-state index contributed by atoms with van der Waals surface area (Å²) in [7, 11) is 0. The normalized spacial score (nSPS) is 18.9. The lowest BCUT2D eigenvalue weighted by molar-refractivity contribution is 0.0138. The van der Waals surface area contributed by atoms with Gasteiger partial charge in [-0.2, -0.15) is 0 Å². The maximum atomic E-state index is 12.2. The second kappa shape index (κ2) is 4.76. The average molecular weight is 262 g/mol. The summed E-state index contributed by atoms with van der Waals surface area (Å²) < 4.78 is 5.45. The van der Waals surface area contributed by atoms with Crippen molar-refractivity contribution in [1.82, 2.24) is 4.90 Å². The summed E-state index contributed by atoms with van der Waals surface area (Å²) in [5.41, 5.74) is 8.45. The number of carbonyl (C=O) groups is 1. The Kier molecular flexibility index (Phi) is 3.43. The number of benzene rings is 1. The van der Waals surface area contributed by atoms with Crippen LogP contribution >= 0.6 is 0 Å². The molecule has 2 rings (SSSR count). The van der Waals surface area contributed by atoms with Crippen molar-refractivity contribution in [1.29, 1.82) is 0 Å². The first-order chi connectivity index (χ1) is 8.76. The van der Waals surface area contributed by atoms with Gasteiger partial charge in [0.2, 0.25) is 0 Å². The molecule has 0 radical (unpaired) electrons. The largest absolute Gasteiger partial charge is 0.444 e. The second-order valence-electron chi connectivity index (χ2n) is 6.19. The van der Waals surface area contributed by atoms with Crippen LogP contribution in [0.2, 0.25) is 0 Å². The molecule has 0 aromatic heterocycles. The van der Waals surface area contributed by atoms with Crippen LogP contribution in [0.3, 0.4) is 0 Å². The summed E-state index contributed by atoms with van der Waals surface area (Å²) in [6.07, 6.45) is 0.586. The summed E-state index contributed by atoms with van der Waals surface area (Å²) in [4.78, 5) is 14.0. The third-order valence-corrected chi connectivity index (χ3v) is 3.25. The van der Waals surface area contributed by atoms with Crippen LogP contribution in [-0.2, 0) is 17.7 Å². The van der Waals surface area contributed by atoms with Gasteiger partial charge in [-0.3, -0.25) is 0 Å². The molecular formula is C15H22N2O2. The lowest BCUT2D eigenvalue weighted by atomic mass is 9.95. The topological polar surface area (TPSA) is 55.6 Å². The minimum Gasteiger partial charge on any atom is -0.444 e. The Morgan fingerprint density at radius 1 is 1.37 bits per heavy atom. The fourth-order valence-corrected chi connectivity index (χ4v) is 2.33. The number of fused-ring (bicyclic) bond motifs is 1. The summed E-state index contributed by atoms with van der Waals surface area (Å²) >= 11 is 0. The molecule has 19 heavy (non-hydrogen) atoms. The van der Waals surface area contributed by atoms with E-state index in [1.54, 1.807) is 4.90 Å². The van der Waals surface area contributed by atoms with Gasteiger partial charge in [0, 0.05) is 18.3 Å². The van der Waals surface area contributed by atoms with Gasteiger partial charge in [0.05, 0.1) is 0 Å². The Morgan fingerprint density at radius 3 is 2.68 bits per heavy atom. The molecule has 0 aliphatic carbocycles. The third kappa shape index (κ3) is 3.19. The molecule has 1 aliphatic rings. The van der Waals surface area contributed by atoms with Crippen molar-refractivity contribution in [2.45, 2.75) is 52.3 Å². The first-order valence-electron chi connectivity index (χ1n) is 6.63. The van der Waals surface area contributed by atoms with E-state index in [1.807, 2.05) is 45.9 Å². The zero-order chi connectivity index (χ0) is 14.2. The van der Waals surface area contributed by atoms with Crippen molar-refractivity contribution in [2.75, 3.05) is 5.73 Å². The SMILES string of the molecule is CC1Cc2ccc(N)cc2CN1C(=O)OC(C)(C)C. The zero-order valence-electron chi connectivity index (χ0n) is 12.1. The number of amides is 1. The number of carbonyl (C=O) groups excluding carboxylic acids is 1. The molecule has 1 aromatic carbocycles. The average Bonchev–Trinajstić information content (AvgIpc) is 2.26. The highest BCUT2D eigenvalue weighted by molar-refractivity contribution is 5.69. The molecule has 0 bridgehead atoms. The molecule has 0 spiro atoms. The second-order valence-corrected chi connectivity index (χ2v) is 6.19. The lowest BCUT2D eigenvalue weighted by Crippen LogP contribution is -2.45. The first-order valence-corrected chi connectivity index (χ1v) is 6.63. The Balaban J connectivity index is 2.19. The zero-order valence-corrected chi connectivity index (χ0v) is 12.1. The number of ether oxygens (including phenoxy) is 1. The van der Waals surface area contributed by atoms with Crippen molar-refractivity contribution in [3.8, 4) is 0 Å². The van der Waals surface area contributed by atoms with E-state index in [4.69, 9.17) is 10.5 Å². The Labute approximate surface area is 114 Å². The number of nitrogen functional groups attached to an aromatic ring is 1. The predicted molar refractivity (Wildman–Crippen MR) is 75.8 cm³/mol. The van der Waals surface area contributed by atoms with Crippen molar-refractivity contribution in [3.63, 3.8) is 0 Å². The quantitative estimate of drug-likeness (QED) is 0.731. The van der Waals surface area contributed by atoms with Crippen LogP contribution < -0.4 is 5.73 Å². The van der Waals surface area contributed by atoms with Crippen LogP contribution in [0.15, 0.2) is 18.2 Å². The minimum absolute atomic E-state index is 0.144. The number of anilines is 1. The minimum atomic E-state index is -0.465. The van der Waals surface area contributed by atoms with E-state index in [0.717, 1.165) is 17.7 Å². The van der Waals surface area contributed by atoms with E-state index in [2.05, 4.69) is 0 Å². The Bertz CT molecular complexity index is 491. The van der Waals surface area contributed by atoms with Gasteiger partial charge >= 0.3 is 6.09 Å². The molecule has 0 fully saturated rings. The summed E-state index contributed by atoms with van der Waals surface area (Å²) in [6.45, 7) is 8.25. The number of rotatable bonds is 0. The molecular weight excluding hydrogens is 240 g/mol. The van der Waals surface area contributed by atoms with Gasteiger partial charge in [0.1, 0.15) is 5.60 Å². The smallest absolute Gasteiger partial charge is 0.410 e. The molecule has 104 valence electrons. The molecule has 1 aliphatic heterocycles. The number of nitrogens with zero attached hydrogens (tertiary/aromatic N) is 1. The molecule has 1 heterocycles. The van der Waals surface area contributed by atoms with Crippen LogP contribution in [-0.4, -0.2) is 22.6 Å².